The van der Waals surface area contributed by atoms with Crippen molar-refractivity contribution in [3.8, 4) is 0 Å². The third-order valence-corrected chi connectivity index (χ3v) is 3.15. The van der Waals surface area contributed by atoms with E-state index in [1.54, 1.807) is 14.2 Å². The second-order valence-corrected chi connectivity index (χ2v) is 5.90. The van der Waals surface area contributed by atoms with Crippen LogP contribution in [0, 0.1) is 0 Å². The van der Waals surface area contributed by atoms with Gasteiger partial charge in [0.2, 0.25) is 0 Å². The Morgan fingerprint density at radius 2 is 1.68 bits per heavy atom. The van der Waals surface area contributed by atoms with Gasteiger partial charge in [-0.25, -0.2) is 0 Å². The zero-order chi connectivity index (χ0) is 15.5. The van der Waals surface area contributed by atoms with Crippen molar-refractivity contribution >= 4 is 9.39 Å². The Balaban J connectivity index is 0. The smallest absolute Gasteiger partial charge is 0.169 e. The fraction of sp³-hybridized carbons (Fsp3) is 1.00. The zero-order valence-corrected chi connectivity index (χ0v) is 15.3. The number of hydrogen-bond acceptors (Lipinski definition) is 4. The second kappa shape index (κ2) is 12.0. The molecule has 0 saturated carbocycles. The molecule has 19 heavy (non-hydrogen) atoms. The monoisotopic (exact) mass is 294 g/mol. The summed E-state index contributed by atoms with van der Waals surface area (Å²) in [6.45, 7) is 14.5. The van der Waals surface area contributed by atoms with E-state index in [0.717, 1.165) is 19.5 Å². The molecule has 5 heteroatoms. The van der Waals surface area contributed by atoms with Gasteiger partial charge in [0.25, 0.3) is 0 Å². The normalized spacial score (nSPS) is 13.4. The first-order valence-corrected chi connectivity index (χ1v) is 7.69. The van der Waals surface area contributed by atoms with Gasteiger partial charge in [-0.2, -0.15) is 0 Å². The van der Waals surface area contributed by atoms with Crippen molar-refractivity contribution in [1.82, 2.24) is 9.99 Å². The number of nitrogens with one attached hydrogen (secondary N) is 1. The lowest BCUT2D eigenvalue weighted by molar-refractivity contribution is -0.108. The van der Waals surface area contributed by atoms with Crippen LogP contribution in [-0.2, 0) is 9.47 Å². The average Bonchev–Trinajstić information content (AvgIpc) is 2.36. The number of ether oxygens (including phenoxy) is 2. The molecule has 0 aromatic carbocycles. The van der Waals surface area contributed by atoms with Crippen molar-refractivity contribution in [2.24, 2.45) is 0 Å². The van der Waals surface area contributed by atoms with Crippen LogP contribution in [0.15, 0.2) is 0 Å². The van der Waals surface area contributed by atoms with Crippen molar-refractivity contribution in [3.63, 3.8) is 0 Å². The summed E-state index contributed by atoms with van der Waals surface area (Å²) in [5.41, 5.74) is 0.0726. The third kappa shape index (κ3) is 11.8. The maximum atomic E-state index is 5.19. The number of methoxy groups -OCH3 is 2. The summed E-state index contributed by atoms with van der Waals surface area (Å²) in [6, 6.07) is 0.532. The second-order valence-electron chi connectivity index (χ2n) is 5.17. The lowest BCUT2D eigenvalue weighted by atomic mass is 10.0. The molecule has 1 N–H and O–H groups in total. The third-order valence-electron chi connectivity index (χ3n) is 2.76. The van der Waals surface area contributed by atoms with E-state index in [2.05, 4.69) is 47.1 Å². The Bertz CT molecular complexity index is 200. The minimum atomic E-state index is -0.174. The molecule has 0 spiro atoms. The summed E-state index contributed by atoms with van der Waals surface area (Å²) >= 11 is 0. The lowest BCUT2D eigenvalue weighted by Gasteiger charge is -2.34. The molecule has 0 rings (SSSR count). The van der Waals surface area contributed by atoms with E-state index in [1.807, 2.05) is 13.8 Å². The Hall–Kier alpha value is 0.270. The highest BCUT2D eigenvalue weighted by Crippen LogP contribution is 2.12. The van der Waals surface area contributed by atoms with Crippen LogP contribution in [0.2, 0.25) is 0 Å². The summed E-state index contributed by atoms with van der Waals surface area (Å²) in [6.07, 6.45) is 0.964. The van der Waals surface area contributed by atoms with Crippen LogP contribution in [0.25, 0.3) is 0 Å². The van der Waals surface area contributed by atoms with Crippen molar-refractivity contribution in [3.05, 3.63) is 0 Å². The fourth-order valence-corrected chi connectivity index (χ4v) is 2.45. The standard InChI is InChI=1S/C12H29N2O2P.C2H6/c1-7-10(2)13-12(3,4)9-14(17)8-11(15-5)16-6;1-2/h10-11,13H,7-9,17H2,1-6H3;1-2H3. The average molecular weight is 294 g/mol. The molecule has 0 fully saturated rings. The molecule has 0 radical (unpaired) electrons. The molecule has 0 aliphatic heterocycles. The van der Waals surface area contributed by atoms with Crippen molar-refractivity contribution in [2.45, 2.75) is 65.8 Å². The summed E-state index contributed by atoms with van der Waals surface area (Å²) in [4.78, 5) is 0. The van der Waals surface area contributed by atoms with E-state index in [0.29, 0.717) is 6.04 Å². The van der Waals surface area contributed by atoms with Crippen molar-refractivity contribution in [1.29, 1.82) is 0 Å². The van der Waals surface area contributed by atoms with Gasteiger partial charge < -0.3 is 14.8 Å². The van der Waals surface area contributed by atoms with Crippen LogP contribution in [0.4, 0.5) is 0 Å². The Labute approximate surface area is 122 Å². The molecule has 0 bridgehead atoms. The highest BCUT2D eigenvalue weighted by molar-refractivity contribution is 7.13. The highest BCUT2D eigenvalue weighted by Gasteiger charge is 2.22. The minimum Gasteiger partial charge on any atom is -0.355 e. The predicted molar refractivity (Wildman–Crippen MR) is 87.4 cm³/mol. The van der Waals surface area contributed by atoms with E-state index >= 15 is 0 Å². The number of hydrogen-bond donors (Lipinski definition) is 1. The fourth-order valence-electron chi connectivity index (χ4n) is 1.82. The summed E-state index contributed by atoms with van der Waals surface area (Å²) in [5.74, 6) is 0. The Morgan fingerprint density at radius 1 is 1.21 bits per heavy atom. The van der Waals surface area contributed by atoms with Gasteiger partial charge in [0.05, 0.1) is 6.54 Å². The first-order chi connectivity index (χ1) is 8.84. The van der Waals surface area contributed by atoms with Gasteiger partial charge in [-0.1, -0.05) is 30.2 Å². The maximum absolute atomic E-state index is 5.19. The largest absolute Gasteiger partial charge is 0.355 e. The number of rotatable bonds is 9. The summed E-state index contributed by atoms with van der Waals surface area (Å²) in [7, 11) is 6.06. The first kappa shape index (κ1) is 21.6. The Morgan fingerprint density at radius 3 is 2.05 bits per heavy atom. The molecule has 0 aliphatic rings. The topological polar surface area (TPSA) is 33.7 Å². The van der Waals surface area contributed by atoms with Crippen molar-refractivity contribution in [2.75, 3.05) is 27.3 Å². The van der Waals surface area contributed by atoms with Gasteiger partial charge in [0.1, 0.15) is 0 Å². The van der Waals surface area contributed by atoms with Crippen LogP contribution >= 0.6 is 9.39 Å². The van der Waals surface area contributed by atoms with Crippen LogP contribution in [0.5, 0.6) is 0 Å². The van der Waals surface area contributed by atoms with Gasteiger partial charge in [0.15, 0.2) is 6.29 Å². The molecule has 4 nitrogen and oxygen atoms in total. The molecule has 0 aliphatic carbocycles. The summed E-state index contributed by atoms with van der Waals surface area (Å²) in [5, 5.41) is 3.61. The van der Waals surface area contributed by atoms with Gasteiger partial charge in [0, 0.05) is 32.3 Å². The van der Waals surface area contributed by atoms with E-state index in [4.69, 9.17) is 9.47 Å². The lowest BCUT2D eigenvalue weighted by Crippen LogP contribution is -2.51. The molecular weight excluding hydrogens is 259 g/mol. The molecule has 2 atom stereocenters. The van der Waals surface area contributed by atoms with Gasteiger partial charge in [-0.05, 0) is 27.2 Å². The Kier molecular flexibility index (Phi) is 13.7. The first-order valence-electron chi connectivity index (χ1n) is 7.17. The molecule has 2 unspecified atom stereocenters. The SMILES string of the molecule is CC.CCC(C)NC(C)(C)CN(P)CC(OC)OC. The molecule has 0 saturated heterocycles. The van der Waals surface area contributed by atoms with Gasteiger partial charge in [-0.15, -0.1) is 0 Å². The van der Waals surface area contributed by atoms with Crippen LogP contribution in [-0.4, -0.2) is 49.9 Å². The van der Waals surface area contributed by atoms with Crippen LogP contribution in [0.3, 0.4) is 0 Å². The molecule has 118 valence electrons. The maximum Gasteiger partial charge on any atom is 0.169 e. The van der Waals surface area contributed by atoms with E-state index in [9.17, 15) is 0 Å². The minimum absolute atomic E-state index is 0.0726. The van der Waals surface area contributed by atoms with Crippen LogP contribution < -0.4 is 5.32 Å². The van der Waals surface area contributed by atoms with Crippen LogP contribution in [0.1, 0.15) is 48.0 Å². The van der Waals surface area contributed by atoms with Gasteiger partial charge in [-0.3, -0.25) is 4.67 Å². The molecule has 0 aromatic heterocycles. The molecule has 0 heterocycles. The highest BCUT2D eigenvalue weighted by atomic mass is 31.0. The predicted octanol–water partition coefficient (Wildman–Crippen LogP) is 2.89. The van der Waals surface area contributed by atoms with E-state index in [-0.39, 0.29) is 11.8 Å². The van der Waals surface area contributed by atoms with E-state index in [1.165, 1.54) is 0 Å². The van der Waals surface area contributed by atoms with Gasteiger partial charge >= 0.3 is 0 Å². The summed E-state index contributed by atoms with van der Waals surface area (Å²) < 4.78 is 12.5. The molecule has 0 amide bonds. The molecule has 0 aromatic rings. The van der Waals surface area contributed by atoms with E-state index < -0.39 is 0 Å². The zero-order valence-electron chi connectivity index (χ0n) is 14.1. The number of nitrogens with zero attached hydrogens (tertiary/aromatic N) is 1. The van der Waals surface area contributed by atoms with Crippen molar-refractivity contribution < 1.29 is 9.47 Å². The quantitative estimate of drug-likeness (QED) is 0.524. The molecular formula is C14H35N2O2P.